The smallest absolute Gasteiger partial charge is 0.174 e. The van der Waals surface area contributed by atoms with E-state index < -0.39 is 11.6 Å². The van der Waals surface area contributed by atoms with E-state index >= 15 is 0 Å². The van der Waals surface area contributed by atoms with Crippen LogP contribution in [0.25, 0.3) is 0 Å². The Labute approximate surface area is 153 Å². The summed E-state index contributed by atoms with van der Waals surface area (Å²) in [7, 11) is 0. The van der Waals surface area contributed by atoms with E-state index in [1.54, 1.807) is 0 Å². The molecule has 0 aromatic heterocycles. The fraction of sp³-hybridized carbons (Fsp3) is 0.524. The van der Waals surface area contributed by atoms with Gasteiger partial charge in [-0.25, -0.2) is 4.39 Å². The number of allylic oxidation sites excluding steroid dienone is 1. The van der Waals surface area contributed by atoms with Crippen molar-refractivity contribution in [2.75, 3.05) is 19.8 Å². The number of nitrogens with one attached hydrogen (secondary N) is 1. The number of alkyl halides is 1. The molecule has 140 valence electrons. The summed E-state index contributed by atoms with van der Waals surface area (Å²) in [5.74, 6) is -1.14. The highest BCUT2D eigenvalue weighted by atomic mass is 19.1. The number of hydrogen-bond donors (Lipinski definition) is 1. The van der Waals surface area contributed by atoms with Gasteiger partial charge in [-0.05, 0) is 43.9 Å². The molecule has 0 spiro atoms. The lowest BCUT2D eigenvalue weighted by Gasteiger charge is -2.34. The molecule has 1 N–H and O–H groups in total. The van der Waals surface area contributed by atoms with E-state index in [2.05, 4.69) is 11.9 Å². The number of carbonyl (C=O) groups excluding carboxylic acids is 2. The van der Waals surface area contributed by atoms with Crippen LogP contribution in [0.4, 0.5) is 4.39 Å². The molecule has 1 heterocycles. The normalized spacial score (nSPS) is 24.5. The van der Waals surface area contributed by atoms with Crippen molar-refractivity contribution in [1.82, 2.24) is 5.32 Å². The van der Waals surface area contributed by atoms with Crippen LogP contribution < -0.4 is 5.32 Å². The first kappa shape index (κ1) is 18.8. The Kier molecular flexibility index (Phi) is 5.02. The molecule has 2 aliphatic rings. The molecular weight excluding hydrogens is 333 g/mol. The molecule has 2 unspecified atom stereocenters. The number of benzene rings is 1. The lowest BCUT2D eigenvalue weighted by Crippen LogP contribution is -2.52. The molecule has 2 fully saturated rings. The molecule has 0 amide bonds. The molecule has 1 aromatic carbocycles. The topological polar surface area (TPSA) is 55.4 Å². The Morgan fingerprint density at radius 3 is 2.42 bits per heavy atom. The fourth-order valence-electron chi connectivity index (χ4n) is 4.06. The maximum atomic E-state index is 14.0. The molecule has 1 aliphatic carbocycles. The molecule has 5 heteroatoms. The lowest BCUT2D eigenvalue weighted by atomic mass is 9.86. The summed E-state index contributed by atoms with van der Waals surface area (Å²) in [6.45, 7) is 10.1. The van der Waals surface area contributed by atoms with Crippen molar-refractivity contribution in [3.63, 3.8) is 0 Å². The zero-order valence-corrected chi connectivity index (χ0v) is 15.7. The summed E-state index contributed by atoms with van der Waals surface area (Å²) in [5.41, 5.74) is 3.18. The van der Waals surface area contributed by atoms with Gasteiger partial charge < -0.3 is 10.1 Å². The van der Waals surface area contributed by atoms with Gasteiger partial charge in [0.05, 0.1) is 19.8 Å². The monoisotopic (exact) mass is 359 g/mol. The quantitative estimate of drug-likeness (QED) is 0.793. The van der Waals surface area contributed by atoms with E-state index in [-0.39, 0.29) is 43.7 Å². The summed E-state index contributed by atoms with van der Waals surface area (Å²) in [5, 5.41) is 2.96. The first-order valence-corrected chi connectivity index (χ1v) is 9.03. The van der Waals surface area contributed by atoms with E-state index in [1.165, 1.54) is 0 Å². The van der Waals surface area contributed by atoms with Crippen LogP contribution in [0.15, 0.2) is 24.4 Å². The summed E-state index contributed by atoms with van der Waals surface area (Å²) < 4.78 is 18.9. The van der Waals surface area contributed by atoms with Gasteiger partial charge in [-0.3, -0.25) is 9.59 Å². The van der Waals surface area contributed by atoms with Crippen molar-refractivity contribution in [2.45, 2.75) is 45.2 Å². The lowest BCUT2D eigenvalue weighted by molar-refractivity contribution is -0.126. The molecule has 0 radical (unpaired) electrons. The SMILES string of the molecule is C=C(CC1CC(=O)C(c2c(C)cc(C)cc2C)C1=O)NCC1(F)COC1. The number of halogens is 1. The van der Waals surface area contributed by atoms with Gasteiger partial charge in [0.25, 0.3) is 0 Å². The van der Waals surface area contributed by atoms with E-state index in [0.717, 1.165) is 22.3 Å². The van der Waals surface area contributed by atoms with Gasteiger partial charge in [0.1, 0.15) is 11.7 Å². The second kappa shape index (κ2) is 6.95. The maximum Gasteiger partial charge on any atom is 0.174 e. The molecule has 2 atom stereocenters. The number of hydrogen-bond acceptors (Lipinski definition) is 4. The van der Waals surface area contributed by atoms with E-state index in [1.807, 2.05) is 32.9 Å². The second-order valence-corrected chi connectivity index (χ2v) is 7.82. The largest absolute Gasteiger partial charge is 0.385 e. The molecule has 4 nitrogen and oxygen atoms in total. The average molecular weight is 359 g/mol. The molecule has 3 rings (SSSR count). The predicted octanol–water partition coefficient (Wildman–Crippen LogP) is 3.09. The standard InChI is InChI=1S/C21H26FNO3/c1-12-5-13(2)18(14(3)6-12)19-17(24)8-16(20(19)25)7-15(4)23-9-21(22)10-26-11-21/h5-6,16,19,23H,4,7-11H2,1-3H3. The van der Waals surface area contributed by atoms with Crippen LogP contribution in [0.1, 0.15) is 41.0 Å². The second-order valence-electron chi connectivity index (χ2n) is 7.82. The van der Waals surface area contributed by atoms with Crippen LogP contribution in [0.3, 0.4) is 0 Å². The minimum Gasteiger partial charge on any atom is -0.385 e. The van der Waals surface area contributed by atoms with Crippen molar-refractivity contribution < 1.29 is 18.7 Å². The van der Waals surface area contributed by atoms with Gasteiger partial charge in [-0.2, -0.15) is 0 Å². The Bertz CT molecular complexity index is 744. The number of ether oxygens (including phenoxy) is 1. The molecule has 1 aromatic rings. The third-order valence-electron chi connectivity index (χ3n) is 5.35. The van der Waals surface area contributed by atoms with Crippen molar-refractivity contribution >= 4 is 11.6 Å². The first-order chi connectivity index (χ1) is 12.2. The summed E-state index contributed by atoms with van der Waals surface area (Å²) in [6, 6.07) is 4.02. The Morgan fingerprint density at radius 2 is 1.88 bits per heavy atom. The third-order valence-corrected chi connectivity index (χ3v) is 5.35. The summed E-state index contributed by atoms with van der Waals surface area (Å²) in [6.07, 6.45) is 0.586. The van der Waals surface area contributed by atoms with E-state index in [9.17, 15) is 14.0 Å². The Morgan fingerprint density at radius 1 is 1.27 bits per heavy atom. The highest BCUT2D eigenvalue weighted by molar-refractivity contribution is 6.15. The van der Waals surface area contributed by atoms with Gasteiger partial charge in [-0.1, -0.05) is 24.3 Å². The van der Waals surface area contributed by atoms with E-state index in [4.69, 9.17) is 4.74 Å². The highest BCUT2D eigenvalue weighted by Gasteiger charge is 2.43. The predicted molar refractivity (Wildman–Crippen MR) is 97.9 cm³/mol. The fourth-order valence-corrected chi connectivity index (χ4v) is 4.06. The van der Waals surface area contributed by atoms with E-state index in [0.29, 0.717) is 12.1 Å². The minimum absolute atomic E-state index is 0.0304. The third kappa shape index (κ3) is 3.58. The number of ketones is 2. The molecular formula is C21H26FNO3. The van der Waals surface area contributed by atoms with Gasteiger partial charge in [-0.15, -0.1) is 0 Å². The van der Waals surface area contributed by atoms with Gasteiger partial charge in [0, 0.05) is 18.0 Å². The maximum absolute atomic E-state index is 14.0. The van der Waals surface area contributed by atoms with Crippen LogP contribution >= 0.6 is 0 Å². The van der Waals surface area contributed by atoms with Crippen molar-refractivity contribution in [3.8, 4) is 0 Å². The molecule has 1 saturated heterocycles. The zero-order chi connectivity index (χ0) is 19.1. The van der Waals surface area contributed by atoms with Crippen LogP contribution in [-0.4, -0.2) is 37.0 Å². The molecule has 1 saturated carbocycles. The van der Waals surface area contributed by atoms with Crippen molar-refractivity contribution in [2.24, 2.45) is 5.92 Å². The highest BCUT2D eigenvalue weighted by Crippen LogP contribution is 2.38. The van der Waals surface area contributed by atoms with Gasteiger partial charge in [0.15, 0.2) is 11.5 Å². The summed E-state index contributed by atoms with van der Waals surface area (Å²) >= 11 is 0. The number of Topliss-reactive ketones (excluding diaryl/α,β-unsaturated/α-hetero) is 2. The van der Waals surface area contributed by atoms with Crippen molar-refractivity contribution in [3.05, 3.63) is 46.7 Å². The molecule has 26 heavy (non-hydrogen) atoms. The van der Waals surface area contributed by atoms with Crippen LogP contribution in [0, 0.1) is 26.7 Å². The molecule has 1 aliphatic heterocycles. The zero-order valence-electron chi connectivity index (χ0n) is 15.7. The Hall–Kier alpha value is -2.01. The first-order valence-electron chi connectivity index (χ1n) is 9.03. The van der Waals surface area contributed by atoms with Gasteiger partial charge in [0.2, 0.25) is 0 Å². The number of aryl methyl sites for hydroxylation is 3. The number of rotatable bonds is 6. The van der Waals surface area contributed by atoms with Crippen LogP contribution in [-0.2, 0) is 14.3 Å². The van der Waals surface area contributed by atoms with Crippen molar-refractivity contribution in [1.29, 1.82) is 0 Å². The Balaban J connectivity index is 1.68. The minimum atomic E-state index is -1.35. The average Bonchev–Trinajstić information content (AvgIpc) is 2.78. The number of carbonyl (C=O) groups is 2. The van der Waals surface area contributed by atoms with Crippen LogP contribution in [0.5, 0.6) is 0 Å². The van der Waals surface area contributed by atoms with Crippen LogP contribution in [0.2, 0.25) is 0 Å². The summed E-state index contributed by atoms with van der Waals surface area (Å²) in [4.78, 5) is 25.5. The molecule has 0 bridgehead atoms. The van der Waals surface area contributed by atoms with Gasteiger partial charge >= 0.3 is 0 Å².